The Labute approximate surface area is 373 Å². The van der Waals surface area contributed by atoms with Crippen molar-refractivity contribution in [2.75, 3.05) is 13.2 Å². The minimum absolute atomic E-state index is 0.113. The highest BCUT2D eigenvalue weighted by Crippen LogP contribution is 2.23. The van der Waals surface area contributed by atoms with Crippen LogP contribution in [0.15, 0.2) is 12.2 Å². The first-order chi connectivity index (χ1) is 29.6. The van der Waals surface area contributed by atoms with Gasteiger partial charge in [0.15, 0.2) is 6.29 Å². The number of carbonyl (C=O) groups is 2. The van der Waals surface area contributed by atoms with E-state index in [-0.39, 0.29) is 31.4 Å². The maximum Gasteiger partial charge on any atom is 0.220 e. The SMILES string of the molecule is CCCCCCCC/C=C\CCCCCCCCCCCCCC(=O)N[C@H](CO[C@H]1O[C@@H](CNC(C)=O)[C@H](O)[C@H](O)[C@@H]1O)[C@H](O)[C@H](O)CCCCCCCCCCCCCC. The molecule has 1 heterocycles. The van der Waals surface area contributed by atoms with E-state index >= 15 is 0 Å². The van der Waals surface area contributed by atoms with Crippen LogP contribution in [0.4, 0.5) is 0 Å². The van der Waals surface area contributed by atoms with E-state index in [0.29, 0.717) is 12.8 Å². The largest absolute Gasteiger partial charge is 0.390 e. The van der Waals surface area contributed by atoms with Crippen LogP contribution in [0.1, 0.15) is 233 Å². The molecule has 1 saturated heterocycles. The fourth-order valence-corrected chi connectivity index (χ4v) is 8.22. The molecule has 360 valence electrons. The average molecular weight is 869 g/mol. The number of hydrogen-bond acceptors (Lipinski definition) is 9. The Morgan fingerprint density at radius 3 is 1.48 bits per heavy atom. The first-order valence-corrected chi connectivity index (χ1v) is 25.5. The lowest BCUT2D eigenvalue weighted by Crippen LogP contribution is -2.61. The highest BCUT2D eigenvalue weighted by atomic mass is 16.7. The van der Waals surface area contributed by atoms with Crippen molar-refractivity contribution in [3.8, 4) is 0 Å². The molecule has 0 aliphatic carbocycles. The van der Waals surface area contributed by atoms with Gasteiger partial charge < -0.3 is 45.6 Å². The van der Waals surface area contributed by atoms with Crippen LogP contribution in [0.25, 0.3) is 0 Å². The van der Waals surface area contributed by atoms with E-state index in [1.54, 1.807) is 0 Å². The summed E-state index contributed by atoms with van der Waals surface area (Å²) in [6.07, 6.45) is 33.6. The van der Waals surface area contributed by atoms with Gasteiger partial charge in [0.25, 0.3) is 0 Å². The summed E-state index contributed by atoms with van der Waals surface area (Å²) < 4.78 is 11.5. The molecular formula is C50H96N2O9. The second-order valence-electron chi connectivity index (χ2n) is 18.2. The third-order valence-corrected chi connectivity index (χ3v) is 12.3. The molecule has 0 radical (unpaired) electrons. The standard InChI is InChI=1S/C50H96N2O9/c1-4-6-8-10-12-14-16-18-19-20-21-22-23-24-25-26-28-30-32-34-36-38-45(55)52-42(40-60-50-49(59)48(58)47(57)44(61-50)39-51-41(3)53)46(56)43(54)37-35-33-31-29-27-17-15-13-11-9-7-5-2/h18-19,42-44,46-50,54,56-59H,4-17,20-40H2,1-3H3,(H,51,53)(H,52,55)/b19-18-/t42-,43-,44+,46+,47+,48+,49+,50+/m1/s1. The molecule has 1 fully saturated rings. The Bertz CT molecular complexity index is 1050. The molecule has 2 amide bonds. The van der Waals surface area contributed by atoms with E-state index in [9.17, 15) is 35.1 Å². The molecule has 11 nitrogen and oxygen atoms in total. The Morgan fingerprint density at radius 1 is 0.590 bits per heavy atom. The smallest absolute Gasteiger partial charge is 0.220 e. The summed E-state index contributed by atoms with van der Waals surface area (Å²) >= 11 is 0. The highest BCUT2D eigenvalue weighted by Gasteiger charge is 2.45. The van der Waals surface area contributed by atoms with E-state index in [0.717, 1.165) is 44.9 Å². The lowest BCUT2D eigenvalue weighted by Gasteiger charge is -2.41. The van der Waals surface area contributed by atoms with Crippen LogP contribution in [-0.4, -0.2) is 99.5 Å². The first-order valence-electron chi connectivity index (χ1n) is 25.5. The molecule has 7 N–H and O–H groups in total. The molecule has 0 saturated carbocycles. The van der Waals surface area contributed by atoms with Gasteiger partial charge in [-0.3, -0.25) is 9.59 Å². The van der Waals surface area contributed by atoms with E-state index in [4.69, 9.17) is 9.47 Å². The molecule has 0 aromatic heterocycles. The van der Waals surface area contributed by atoms with Gasteiger partial charge in [0, 0.05) is 19.9 Å². The van der Waals surface area contributed by atoms with Gasteiger partial charge in [-0.25, -0.2) is 0 Å². The van der Waals surface area contributed by atoms with Crippen LogP contribution in [-0.2, 0) is 19.1 Å². The van der Waals surface area contributed by atoms with Crippen molar-refractivity contribution in [1.29, 1.82) is 0 Å². The molecule has 0 spiro atoms. The molecule has 61 heavy (non-hydrogen) atoms. The molecule has 11 heteroatoms. The molecule has 8 atom stereocenters. The third-order valence-electron chi connectivity index (χ3n) is 12.3. The number of aliphatic hydroxyl groups excluding tert-OH is 5. The molecule has 0 unspecified atom stereocenters. The summed E-state index contributed by atoms with van der Waals surface area (Å²) in [6, 6.07) is -1.00. The van der Waals surface area contributed by atoms with Gasteiger partial charge >= 0.3 is 0 Å². The van der Waals surface area contributed by atoms with Gasteiger partial charge in [0.1, 0.15) is 30.5 Å². The monoisotopic (exact) mass is 869 g/mol. The summed E-state index contributed by atoms with van der Waals surface area (Å²) in [6.45, 7) is 5.39. The maximum absolute atomic E-state index is 13.1. The normalized spacial score (nSPS) is 20.8. The van der Waals surface area contributed by atoms with E-state index in [2.05, 4.69) is 36.6 Å². The number of rotatable bonds is 42. The lowest BCUT2D eigenvalue weighted by molar-refractivity contribution is -0.297. The fourth-order valence-electron chi connectivity index (χ4n) is 8.22. The zero-order valence-corrected chi connectivity index (χ0v) is 39.4. The second-order valence-corrected chi connectivity index (χ2v) is 18.2. The number of aliphatic hydroxyl groups is 5. The topological polar surface area (TPSA) is 178 Å². The van der Waals surface area contributed by atoms with Gasteiger partial charge in [-0.2, -0.15) is 0 Å². The van der Waals surface area contributed by atoms with Crippen molar-refractivity contribution >= 4 is 11.8 Å². The summed E-state index contributed by atoms with van der Waals surface area (Å²) in [4.78, 5) is 24.6. The van der Waals surface area contributed by atoms with Crippen LogP contribution < -0.4 is 10.6 Å². The van der Waals surface area contributed by atoms with Crippen LogP contribution >= 0.6 is 0 Å². The number of unbranched alkanes of at least 4 members (excludes halogenated alkanes) is 28. The van der Waals surface area contributed by atoms with Crippen LogP contribution in [0.5, 0.6) is 0 Å². The molecular weight excluding hydrogens is 773 g/mol. The zero-order valence-electron chi connectivity index (χ0n) is 39.4. The number of nitrogens with one attached hydrogen (secondary N) is 2. The van der Waals surface area contributed by atoms with E-state index in [1.807, 2.05) is 0 Å². The highest BCUT2D eigenvalue weighted by molar-refractivity contribution is 5.76. The minimum Gasteiger partial charge on any atom is -0.390 e. The summed E-state index contributed by atoms with van der Waals surface area (Å²) in [5.74, 6) is -0.613. The van der Waals surface area contributed by atoms with E-state index < -0.39 is 49.0 Å². The lowest BCUT2D eigenvalue weighted by atomic mass is 9.98. The van der Waals surface area contributed by atoms with Gasteiger partial charge in [0.2, 0.25) is 11.8 Å². The summed E-state index contributed by atoms with van der Waals surface area (Å²) in [5.41, 5.74) is 0. The average Bonchev–Trinajstić information content (AvgIpc) is 3.24. The second kappa shape index (κ2) is 40.0. The Kier molecular flexibility index (Phi) is 37.6. The van der Waals surface area contributed by atoms with Crippen LogP contribution in [0.2, 0.25) is 0 Å². The Balaban J connectivity index is 2.41. The molecule has 1 aliphatic rings. The zero-order chi connectivity index (χ0) is 44.8. The van der Waals surface area contributed by atoms with Crippen molar-refractivity contribution in [1.82, 2.24) is 10.6 Å². The van der Waals surface area contributed by atoms with Gasteiger partial charge in [-0.05, 0) is 38.5 Å². The quantitative estimate of drug-likeness (QED) is 0.0233. The van der Waals surface area contributed by atoms with E-state index in [1.165, 1.54) is 155 Å². The number of hydrogen-bond donors (Lipinski definition) is 7. The maximum atomic E-state index is 13.1. The molecule has 1 aliphatic heterocycles. The predicted octanol–water partition coefficient (Wildman–Crippen LogP) is 9.62. The molecule has 1 rings (SSSR count). The Morgan fingerprint density at radius 2 is 1.02 bits per heavy atom. The van der Waals surface area contributed by atoms with Crippen molar-refractivity contribution < 1.29 is 44.6 Å². The molecule has 0 aromatic rings. The third kappa shape index (κ3) is 31.0. The predicted molar refractivity (Wildman–Crippen MR) is 248 cm³/mol. The summed E-state index contributed by atoms with van der Waals surface area (Å²) in [7, 11) is 0. The van der Waals surface area contributed by atoms with Gasteiger partial charge in [-0.1, -0.05) is 193 Å². The first kappa shape index (κ1) is 57.4. The van der Waals surface area contributed by atoms with Crippen LogP contribution in [0, 0.1) is 0 Å². The number of ether oxygens (including phenoxy) is 2. The number of allylic oxidation sites excluding steroid dienone is 2. The van der Waals surface area contributed by atoms with Crippen molar-refractivity contribution in [3.63, 3.8) is 0 Å². The van der Waals surface area contributed by atoms with Gasteiger partial charge in [-0.15, -0.1) is 0 Å². The van der Waals surface area contributed by atoms with Crippen molar-refractivity contribution in [3.05, 3.63) is 12.2 Å². The molecule has 0 bridgehead atoms. The number of amides is 2. The Hall–Kier alpha value is -1.60. The fraction of sp³-hybridized carbons (Fsp3) is 0.920. The van der Waals surface area contributed by atoms with Crippen molar-refractivity contribution in [2.24, 2.45) is 0 Å². The molecule has 0 aromatic carbocycles. The van der Waals surface area contributed by atoms with Crippen LogP contribution in [0.3, 0.4) is 0 Å². The minimum atomic E-state index is -1.61. The number of carbonyl (C=O) groups excluding carboxylic acids is 2. The van der Waals surface area contributed by atoms with Crippen molar-refractivity contribution in [2.45, 2.75) is 282 Å². The van der Waals surface area contributed by atoms with Gasteiger partial charge in [0.05, 0.1) is 18.8 Å². The summed E-state index contributed by atoms with van der Waals surface area (Å²) in [5, 5.41) is 59.1.